The van der Waals surface area contributed by atoms with Gasteiger partial charge in [-0.15, -0.1) is 0 Å². The van der Waals surface area contributed by atoms with Gasteiger partial charge in [0, 0.05) is 24.0 Å². The fourth-order valence-corrected chi connectivity index (χ4v) is 6.86. The van der Waals surface area contributed by atoms with Gasteiger partial charge < -0.3 is 15.5 Å². The first-order valence-corrected chi connectivity index (χ1v) is 13.7. The highest BCUT2D eigenvalue weighted by Crippen LogP contribution is 2.34. The Labute approximate surface area is 206 Å². The van der Waals surface area contributed by atoms with E-state index < -0.39 is 0 Å². The zero-order valence-corrected chi connectivity index (χ0v) is 20.8. The van der Waals surface area contributed by atoms with Crippen LogP contribution in [0.15, 0.2) is 30.5 Å². The van der Waals surface area contributed by atoms with E-state index in [1.54, 1.807) is 11.3 Å². The Morgan fingerprint density at radius 3 is 2.68 bits per heavy atom. The van der Waals surface area contributed by atoms with Crippen molar-refractivity contribution in [3.63, 3.8) is 0 Å². The van der Waals surface area contributed by atoms with Crippen LogP contribution in [0.2, 0.25) is 0 Å². The minimum Gasteiger partial charge on any atom is -0.359 e. The number of nitrogens with zero attached hydrogens (tertiary/aromatic N) is 4. The number of nitrogens with one attached hydrogen (secondary N) is 2. The van der Waals surface area contributed by atoms with Gasteiger partial charge in [-0.05, 0) is 94.3 Å². The highest BCUT2D eigenvalue weighted by atomic mass is 32.1. The first kappa shape index (κ1) is 22.0. The average Bonchev–Trinajstić information content (AvgIpc) is 3.62. The first-order valence-electron chi connectivity index (χ1n) is 12.9. The molecule has 34 heavy (non-hydrogen) atoms. The second kappa shape index (κ2) is 9.62. The smallest absolute Gasteiger partial charge is 0.227 e. The highest BCUT2D eigenvalue weighted by Gasteiger charge is 2.26. The molecule has 3 aromatic rings. The van der Waals surface area contributed by atoms with Gasteiger partial charge >= 0.3 is 0 Å². The zero-order valence-electron chi connectivity index (χ0n) is 20.0. The van der Waals surface area contributed by atoms with Crippen LogP contribution in [-0.2, 0) is 12.8 Å². The normalized spacial score (nSPS) is 21.0. The van der Waals surface area contributed by atoms with Crippen molar-refractivity contribution in [2.24, 2.45) is 0 Å². The lowest BCUT2D eigenvalue weighted by molar-refractivity contribution is 0.222. The molecule has 1 aliphatic heterocycles. The maximum Gasteiger partial charge on any atom is 0.227 e. The van der Waals surface area contributed by atoms with E-state index in [1.807, 2.05) is 12.3 Å². The monoisotopic (exact) mass is 474 g/mol. The molecule has 2 fully saturated rings. The lowest BCUT2D eigenvalue weighted by Crippen LogP contribution is -2.37. The topological polar surface area (TPSA) is 66.0 Å². The number of thiazole rings is 1. The van der Waals surface area contributed by atoms with E-state index in [-0.39, 0.29) is 0 Å². The van der Waals surface area contributed by atoms with Gasteiger partial charge in [-0.3, -0.25) is 0 Å². The van der Waals surface area contributed by atoms with E-state index in [2.05, 4.69) is 45.6 Å². The molecular formula is C27H34N6S. The van der Waals surface area contributed by atoms with Crippen molar-refractivity contribution in [1.82, 2.24) is 19.9 Å². The summed E-state index contributed by atoms with van der Waals surface area (Å²) in [4.78, 5) is 17.9. The van der Waals surface area contributed by atoms with E-state index >= 15 is 0 Å². The number of hydrogen-bond acceptors (Lipinski definition) is 7. The molecule has 1 unspecified atom stereocenters. The lowest BCUT2D eigenvalue weighted by Gasteiger charge is -2.32. The number of anilines is 3. The van der Waals surface area contributed by atoms with Crippen LogP contribution in [0.25, 0.3) is 10.6 Å². The molecule has 3 heterocycles. The first-order chi connectivity index (χ1) is 16.7. The van der Waals surface area contributed by atoms with Crippen molar-refractivity contribution in [1.29, 1.82) is 0 Å². The molecule has 2 aliphatic carbocycles. The molecule has 0 radical (unpaired) electrons. The molecule has 7 heteroatoms. The minimum atomic E-state index is 0.565. The molecule has 0 bridgehead atoms. The van der Waals surface area contributed by atoms with E-state index in [0.29, 0.717) is 12.0 Å². The van der Waals surface area contributed by atoms with Gasteiger partial charge in [0.2, 0.25) is 5.95 Å². The van der Waals surface area contributed by atoms with Crippen LogP contribution in [0.4, 0.5) is 16.8 Å². The van der Waals surface area contributed by atoms with Gasteiger partial charge in [0.05, 0.1) is 16.3 Å². The molecule has 3 aliphatic rings. The summed E-state index contributed by atoms with van der Waals surface area (Å²) < 4.78 is 0. The molecule has 1 saturated carbocycles. The van der Waals surface area contributed by atoms with Gasteiger partial charge in [0.15, 0.2) is 5.13 Å². The number of likely N-dealkylation sites (tertiary alicyclic amines) is 1. The summed E-state index contributed by atoms with van der Waals surface area (Å²) in [6.07, 6.45) is 13.3. The Hall–Kier alpha value is -2.51. The Kier molecular flexibility index (Phi) is 6.22. The highest BCUT2D eigenvalue weighted by molar-refractivity contribution is 7.19. The Balaban J connectivity index is 1.15. The van der Waals surface area contributed by atoms with Crippen molar-refractivity contribution in [3.8, 4) is 10.6 Å². The van der Waals surface area contributed by atoms with Crippen molar-refractivity contribution in [2.75, 3.05) is 23.7 Å². The third-order valence-electron chi connectivity index (χ3n) is 7.69. The molecule has 178 valence electrons. The fraction of sp³-hybridized carbons (Fsp3) is 0.519. The quantitative estimate of drug-likeness (QED) is 0.460. The molecule has 6 nitrogen and oxygen atoms in total. The summed E-state index contributed by atoms with van der Waals surface area (Å²) in [6.45, 7) is 4.63. The Morgan fingerprint density at radius 2 is 1.82 bits per heavy atom. The summed E-state index contributed by atoms with van der Waals surface area (Å²) in [7, 11) is 0. The molecule has 2 aromatic heterocycles. The molecule has 1 aromatic carbocycles. The third kappa shape index (κ3) is 4.68. The number of aromatic nitrogens is 3. The van der Waals surface area contributed by atoms with E-state index in [9.17, 15) is 0 Å². The maximum absolute atomic E-state index is 4.83. The zero-order chi connectivity index (χ0) is 22.9. The summed E-state index contributed by atoms with van der Waals surface area (Å²) >= 11 is 1.70. The number of fused-ring (bicyclic) bond motifs is 1. The van der Waals surface area contributed by atoms with Crippen LogP contribution >= 0.6 is 11.3 Å². The summed E-state index contributed by atoms with van der Waals surface area (Å²) in [5, 5.41) is 8.08. The predicted octanol–water partition coefficient (Wildman–Crippen LogP) is 5.96. The van der Waals surface area contributed by atoms with Crippen LogP contribution in [0, 0.1) is 6.92 Å². The molecule has 6 rings (SSSR count). The Bertz CT molecular complexity index is 1150. The molecule has 1 atom stereocenters. The standard InChI is InChI=1S/C27H34N6S/c1-18-25(34-27(29-18)31-21-6-2-3-7-21)24-12-13-28-26(32-24)30-22-10-8-20-17-23(11-9-19(20)16-22)33-14-4-5-15-33/h8,10,12-13,16,21,23H,2-7,9,11,14-15,17H2,1H3,(H,29,31)(H,28,30,32). The van der Waals surface area contributed by atoms with E-state index in [1.165, 1.54) is 75.6 Å². The molecular weight excluding hydrogens is 440 g/mol. The van der Waals surface area contributed by atoms with Crippen molar-refractivity contribution in [2.45, 2.75) is 76.8 Å². The van der Waals surface area contributed by atoms with E-state index in [4.69, 9.17) is 9.97 Å². The number of rotatable bonds is 6. The fourth-order valence-electron chi connectivity index (χ4n) is 5.85. The Morgan fingerprint density at radius 1 is 0.971 bits per heavy atom. The van der Waals surface area contributed by atoms with Gasteiger partial charge in [-0.2, -0.15) is 0 Å². The lowest BCUT2D eigenvalue weighted by atomic mass is 9.87. The molecule has 1 saturated heterocycles. The van der Waals surface area contributed by atoms with Crippen LogP contribution in [0.5, 0.6) is 0 Å². The van der Waals surface area contributed by atoms with Gasteiger partial charge in [-0.1, -0.05) is 30.2 Å². The van der Waals surface area contributed by atoms with Crippen molar-refractivity contribution in [3.05, 3.63) is 47.3 Å². The SMILES string of the molecule is Cc1nc(NC2CCCC2)sc1-c1ccnc(Nc2ccc3c(c2)CCC(N2CCCC2)C3)n1. The van der Waals surface area contributed by atoms with Gasteiger partial charge in [-0.25, -0.2) is 15.0 Å². The van der Waals surface area contributed by atoms with Crippen LogP contribution in [0.1, 0.15) is 61.8 Å². The summed E-state index contributed by atoms with van der Waals surface area (Å²) in [6, 6.07) is 10.1. The number of aryl methyl sites for hydroxylation is 2. The third-order valence-corrected chi connectivity index (χ3v) is 8.80. The molecule has 2 N–H and O–H groups in total. The van der Waals surface area contributed by atoms with Gasteiger partial charge in [0.1, 0.15) is 0 Å². The molecule has 0 spiro atoms. The summed E-state index contributed by atoms with van der Waals surface area (Å²) in [5.41, 5.74) is 6.00. The predicted molar refractivity (Wildman–Crippen MR) is 140 cm³/mol. The summed E-state index contributed by atoms with van der Waals surface area (Å²) in [5.74, 6) is 0.640. The van der Waals surface area contributed by atoms with Crippen molar-refractivity contribution >= 4 is 28.1 Å². The minimum absolute atomic E-state index is 0.565. The second-order valence-electron chi connectivity index (χ2n) is 10.1. The number of hydrogen-bond donors (Lipinski definition) is 2. The van der Waals surface area contributed by atoms with E-state index in [0.717, 1.165) is 39.5 Å². The average molecular weight is 475 g/mol. The van der Waals surface area contributed by atoms with Crippen LogP contribution in [-0.4, -0.2) is 45.0 Å². The largest absolute Gasteiger partial charge is 0.359 e. The molecule has 0 amide bonds. The second-order valence-corrected chi connectivity index (χ2v) is 11.1. The van der Waals surface area contributed by atoms with Crippen molar-refractivity contribution < 1.29 is 0 Å². The maximum atomic E-state index is 4.83. The van der Waals surface area contributed by atoms with Crippen LogP contribution < -0.4 is 10.6 Å². The van der Waals surface area contributed by atoms with Crippen LogP contribution in [0.3, 0.4) is 0 Å². The number of benzene rings is 1. The van der Waals surface area contributed by atoms with Gasteiger partial charge in [0.25, 0.3) is 0 Å².